The van der Waals surface area contributed by atoms with Crippen LogP contribution in [0.1, 0.15) is 11.1 Å². The Balaban J connectivity index is 2.13. The van der Waals surface area contributed by atoms with Gasteiger partial charge in [0.1, 0.15) is 23.5 Å². The Morgan fingerprint density at radius 3 is 2.45 bits per heavy atom. The van der Waals surface area contributed by atoms with Gasteiger partial charge in [-0.25, -0.2) is 8.78 Å². The fraction of sp³-hybridized carbons (Fsp3) is 0.133. The first-order chi connectivity index (χ1) is 9.62. The maximum absolute atomic E-state index is 13.0. The van der Waals surface area contributed by atoms with E-state index in [0.717, 1.165) is 11.6 Å². The smallest absolute Gasteiger partial charge is 0.136 e. The first-order valence-corrected chi connectivity index (χ1v) is 5.89. The molecule has 0 heterocycles. The number of hydrogen-bond acceptors (Lipinski definition) is 3. The van der Waals surface area contributed by atoms with Gasteiger partial charge in [0.2, 0.25) is 0 Å². The Hall–Kier alpha value is -2.61. The molecule has 2 aromatic carbocycles. The lowest BCUT2D eigenvalue weighted by Crippen LogP contribution is -2.01. The monoisotopic (exact) mass is 274 g/mol. The molecule has 0 unspecified atom stereocenters. The average molecular weight is 274 g/mol. The Labute approximate surface area is 115 Å². The van der Waals surface area contributed by atoms with Gasteiger partial charge >= 0.3 is 0 Å². The van der Waals surface area contributed by atoms with Crippen molar-refractivity contribution in [3.63, 3.8) is 0 Å². The number of nitrogens with zero attached hydrogens (tertiary/aromatic N) is 1. The second-order valence-electron chi connectivity index (χ2n) is 4.16. The predicted molar refractivity (Wildman–Crippen MR) is 71.4 cm³/mol. The van der Waals surface area contributed by atoms with Crippen molar-refractivity contribution in [2.75, 3.05) is 12.4 Å². The molecule has 1 N–H and O–H groups in total. The zero-order valence-electron chi connectivity index (χ0n) is 10.8. The Bertz CT molecular complexity index is 645. The highest BCUT2D eigenvalue weighted by molar-refractivity contribution is 5.48. The molecule has 0 aliphatic carbocycles. The molecular formula is C15H12F2N2O. The lowest BCUT2D eigenvalue weighted by Gasteiger charge is -2.09. The predicted octanol–water partition coefficient (Wildman–Crippen LogP) is 3.46. The molecule has 0 fully saturated rings. The molecule has 2 aromatic rings. The molecule has 0 aliphatic rings. The molecule has 2 rings (SSSR count). The van der Waals surface area contributed by atoms with E-state index in [1.165, 1.54) is 19.2 Å². The van der Waals surface area contributed by atoms with Crippen molar-refractivity contribution in [3.05, 3.63) is 59.2 Å². The van der Waals surface area contributed by atoms with Gasteiger partial charge in [-0.1, -0.05) is 6.07 Å². The molecule has 0 bridgehead atoms. The minimum atomic E-state index is -0.639. The highest BCUT2D eigenvalue weighted by Crippen LogP contribution is 2.20. The average Bonchev–Trinajstić information content (AvgIpc) is 2.43. The largest absolute Gasteiger partial charge is 0.495 e. The molecule has 0 spiro atoms. The molecule has 0 radical (unpaired) electrons. The third-order valence-electron chi connectivity index (χ3n) is 2.74. The van der Waals surface area contributed by atoms with Gasteiger partial charge in [0.25, 0.3) is 0 Å². The molecule has 0 atom stereocenters. The molecule has 0 saturated heterocycles. The quantitative estimate of drug-likeness (QED) is 0.928. The van der Waals surface area contributed by atoms with Gasteiger partial charge < -0.3 is 10.1 Å². The van der Waals surface area contributed by atoms with E-state index in [1.54, 1.807) is 18.2 Å². The maximum Gasteiger partial charge on any atom is 0.136 e. The lowest BCUT2D eigenvalue weighted by molar-refractivity contribution is 0.413. The summed E-state index contributed by atoms with van der Waals surface area (Å²) in [5, 5.41) is 11.9. The summed E-state index contributed by atoms with van der Waals surface area (Å²) < 4.78 is 31.1. The van der Waals surface area contributed by atoms with Crippen molar-refractivity contribution in [2.24, 2.45) is 0 Å². The highest BCUT2D eigenvalue weighted by atomic mass is 19.1. The minimum absolute atomic E-state index is 0.344. The fourth-order valence-electron chi connectivity index (χ4n) is 1.81. The van der Waals surface area contributed by atoms with Crippen molar-refractivity contribution in [1.29, 1.82) is 5.26 Å². The number of anilines is 1. The summed E-state index contributed by atoms with van der Waals surface area (Å²) >= 11 is 0. The number of benzene rings is 2. The summed E-state index contributed by atoms with van der Waals surface area (Å²) in [5.74, 6) is -0.784. The number of rotatable bonds is 4. The number of nitrogens with one attached hydrogen (secondary N) is 1. The van der Waals surface area contributed by atoms with Crippen LogP contribution in [0.15, 0.2) is 36.4 Å². The zero-order valence-corrected chi connectivity index (χ0v) is 10.8. The molecule has 0 aromatic heterocycles. The van der Waals surface area contributed by atoms with Crippen LogP contribution in [0.25, 0.3) is 0 Å². The molecule has 20 heavy (non-hydrogen) atoms. The summed E-state index contributed by atoms with van der Waals surface area (Å²) in [6.07, 6.45) is 0. The SMILES string of the molecule is COc1ccc(CNc2cc(F)cc(F)c2)cc1C#N. The Morgan fingerprint density at radius 2 is 1.85 bits per heavy atom. The van der Waals surface area contributed by atoms with E-state index in [-0.39, 0.29) is 0 Å². The van der Waals surface area contributed by atoms with Crippen LogP contribution in [0.2, 0.25) is 0 Å². The maximum atomic E-state index is 13.0. The number of hydrogen-bond donors (Lipinski definition) is 1. The number of halogens is 2. The molecule has 0 aliphatic heterocycles. The topological polar surface area (TPSA) is 45.0 Å². The molecular weight excluding hydrogens is 262 g/mol. The number of methoxy groups -OCH3 is 1. The number of ether oxygens (including phenoxy) is 1. The van der Waals surface area contributed by atoms with Crippen LogP contribution in [-0.4, -0.2) is 7.11 Å². The van der Waals surface area contributed by atoms with E-state index < -0.39 is 11.6 Å². The number of nitriles is 1. The van der Waals surface area contributed by atoms with E-state index in [9.17, 15) is 8.78 Å². The Kier molecular flexibility index (Phi) is 4.16. The highest BCUT2D eigenvalue weighted by Gasteiger charge is 2.04. The second-order valence-corrected chi connectivity index (χ2v) is 4.16. The molecule has 0 saturated carbocycles. The summed E-state index contributed by atoms with van der Waals surface area (Å²) in [6, 6.07) is 10.4. The van der Waals surface area contributed by atoms with Gasteiger partial charge in [0.05, 0.1) is 12.7 Å². The van der Waals surface area contributed by atoms with Gasteiger partial charge in [-0.15, -0.1) is 0 Å². The molecule has 102 valence electrons. The van der Waals surface area contributed by atoms with Crippen LogP contribution in [0.4, 0.5) is 14.5 Å². The summed E-state index contributed by atoms with van der Waals surface area (Å²) in [6.45, 7) is 0.349. The standard InChI is InChI=1S/C15H12F2N2O/c1-20-15-3-2-10(4-11(15)8-18)9-19-14-6-12(16)5-13(17)7-14/h2-7,19H,9H2,1H3. The normalized spacial score (nSPS) is 9.90. The van der Waals surface area contributed by atoms with Gasteiger partial charge in [-0.2, -0.15) is 5.26 Å². The van der Waals surface area contributed by atoms with E-state index in [0.29, 0.717) is 23.5 Å². The summed E-state index contributed by atoms with van der Waals surface area (Å²) in [4.78, 5) is 0. The summed E-state index contributed by atoms with van der Waals surface area (Å²) in [5.41, 5.74) is 1.57. The molecule has 5 heteroatoms. The van der Waals surface area contributed by atoms with Crippen molar-refractivity contribution < 1.29 is 13.5 Å². The van der Waals surface area contributed by atoms with E-state index >= 15 is 0 Å². The molecule has 0 amide bonds. The van der Waals surface area contributed by atoms with Crippen LogP contribution in [0.5, 0.6) is 5.75 Å². The third kappa shape index (κ3) is 3.23. The van der Waals surface area contributed by atoms with Crippen LogP contribution in [0.3, 0.4) is 0 Å². The van der Waals surface area contributed by atoms with Crippen molar-refractivity contribution in [2.45, 2.75) is 6.54 Å². The fourth-order valence-corrected chi connectivity index (χ4v) is 1.81. The second kappa shape index (κ2) is 6.02. The van der Waals surface area contributed by atoms with Crippen LogP contribution in [-0.2, 0) is 6.54 Å². The van der Waals surface area contributed by atoms with E-state index in [4.69, 9.17) is 10.00 Å². The van der Waals surface area contributed by atoms with Gasteiger partial charge in [0, 0.05) is 18.3 Å². The van der Waals surface area contributed by atoms with E-state index in [1.807, 2.05) is 6.07 Å². The minimum Gasteiger partial charge on any atom is -0.495 e. The lowest BCUT2D eigenvalue weighted by atomic mass is 10.1. The van der Waals surface area contributed by atoms with Crippen LogP contribution >= 0.6 is 0 Å². The van der Waals surface area contributed by atoms with Gasteiger partial charge in [0.15, 0.2) is 0 Å². The first kappa shape index (κ1) is 13.8. The zero-order chi connectivity index (χ0) is 14.5. The summed E-state index contributed by atoms with van der Waals surface area (Å²) in [7, 11) is 1.49. The van der Waals surface area contributed by atoms with Crippen LogP contribution < -0.4 is 10.1 Å². The van der Waals surface area contributed by atoms with Crippen molar-refractivity contribution in [3.8, 4) is 11.8 Å². The molecule has 3 nitrogen and oxygen atoms in total. The first-order valence-electron chi connectivity index (χ1n) is 5.89. The third-order valence-corrected chi connectivity index (χ3v) is 2.74. The van der Waals surface area contributed by atoms with Crippen molar-refractivity contribution in [1.82, 2.24) is 0 Å². The van der Waals surface area contributed by atoms with Gasteiger partial charge in [-0.3, -0.25) is 0 Å². The Morgan fingerprint density at radius 1 is 1.15 bits per heavy atom. The van der Waals surface area contributed by atoms with E-state index in [2.05, 4.69) is 5.32 Å². The van der Waals surface area contributed by atoms with Crippen LogP contribution in [0, 0.1) is 23.0 Å². The van der Waals surface area contributed by atoms with Crippen molar-refractivity contribution >= 4 is 5.69 Å². The van der Waals surface area contributed by atoms with Gasteiger partial charge in [-0.05, 0) is 29.8 Å².